The standard InChI is InChI=1S/C19H20ClN3O2/c20-15-2-1-3-16(10-15)23-11-14(4-5-18(23)24)19(25)21-17-12-22-8-6-13(17)7-9-22/h1-5,10-11,13,17H,6-9,12H2,(H,21,25). The maximum absolute atomic E-state index is 12.7. The number of pyridine rings is 1. The number of rotatable bonds is 3. The summed E-state index contributed by atoms with van der Waals surface area (Å²) in [6.45, 7) is 3.19. The second-order valence-electron chi connectivity index (χ2n) is 6.82. The third kappa shape index (κ3) is 3.34. The lowest BCUT2D eigenvalue weighted by molar-refractivity contribution is 0.0620. The zero-order valence-corrected chi connectivity index (χ0v) is 14.6. The van der Waals surface area contributed by atoms with E-state index in [0.717, 1.165) is 32.5 Å². The second-order valence-corrected chi connectivity index (χ2v) is 7.26. The summed E-state index contributed by atoms with van der Waals surface area (Å²) in [7, 11) is 0. The summed E-state index contributed by atoms with van der Waals surface area (Å²) in [6, 6.07) is 10.2. The SMILES string of the molecule is O=C(NC1CN2CCC1CC2)c1ccc(=O)n(-c2cccc(Cl)c2)c1. The summed E-state index contributed by atoms with van der Waals surface area (Å²) in [5, 5.41) is 3.70. The van der Waals surface area contributed by atoms with Crippen molar-refractivity contribution >= 4 is 17.5 Å². The van der Waals surface area contributed by atoms with Crippen molar-refractivity contribution in [3.8, 4) is 5.69 Å². The van der Waals surface area contributed by atoms with Crippen LogP contribution in [0.2, 0.25) is 5.02 Å². The van der Waals surface area contributed by atoms with Gasteiger partial charge < -0.3 is 10.2 Å². The van der Waals surface area contributed by atoms with Gasteiger partial charge in [0.2, 0.25) is 0 Å². The number of hydrogen-bond acceptors (Lipinski definition) is 3. The van der Waals surface area contributed by atoms with Gasteiger partial charge in [-0.1, -0.05) is 17.7 Å². The van der Waals surface area contributed by atoms with Gasteiger partial charge in [-0.2, -0.15) is 0 Å². The first kappa shape index (κ1) is 16.4. The molecule has 3 aliphatic heterocycles. The van der Waals surface area contributed by atoms with Crippen LogP contribution in [-0.4, -0.2) is 41.1 Å². The molecule has 1 N–H and O–H groups in total. The van der Waals surface area contributed by atoms with E-state index in [9.17, 15) is 9.59 Å². The Hall–Kier alpha value is -2.11. The van der Waals surface area contributed by atoms with Crippen molar-refractivity contribution < 1.29 is 4.79 Å². The molecule has 5 nitrogen and oxygen atoms in total. The Balaban J connectivity index is 1.57. The molecule has 2 aromatic rings. The van der Waals surface area contributed by atoms with Gasteiger partial charge in [0, 0.05) is 29.9 Å². The monoisotopic (exact) mass is 357 g/mol. The number of amides is 1. The van der Waals surface area contributed by atoms with Gasteiger partial charge in [0.25, 0.3) is 11.5 Å². The largest absolute Gasteiger partial charge is 0.348 e. The highest BCUT2D eigenvalue weighted by atomic mass is 35.5. The number of fused-ring (bicyclic) bond motifs is 3. The van der Waals surface area contributed by atoms with Crippen LogP contribution in [0.15, 0.2) is 47.4 Å². The van der Waals surface area contributed by atoms with Gasteiger partial charge in [0.05, 0.1) is 11.3 Å². The highest BCUT2D eigenvalue weighted by Crippen LogP contribution is 2.27. The fourth-order valence-corrected chi connectivity index (χ4v) is 4.01. The van der Waals surface area contributed by atoms with E-state index in [2.05, 4.69) is 10.2 Å². The summed E-state index contributed by atoms with van der Waals surface area (Å²) in [5.41, 5.74) is 0.938. The third-order valence-electron chi connectivity index (χ3n) is 5.23. The number of carbonyl (C=O) groups is 1. The van der Waals surface area contributed by atoms with Crippen LogP contribution in [0.1, 0.15) is 23.2 Å². The molecule has 6 heteroatoms. The van der Waals surface area contributed by atoms with Crippen molar-refractivity contribution in [2.24, 2.45) is 5.92 Å². The van der Waals surface area contributed by atoms with E-state index in [-0.39, 0.29) is 17.5 Å². The highest BCUT2D eigenvalue weighted by molar-refractivity contribution is 6.30. The summed E-state index contributed by atoms with van der Waals surface area (Å²) >= 11 is 6.02. The van der Waals surface area contributed by atoms with Gasteiger partial charge in [-0.25, -0.2) is 0 Å². The Morgan fingerprint density at radius 3 is 2.64 bits per heavy atom. The number of hydrogen-bond donors (Lipinski definition) is 1. The lowest BCUT2D eigenvalue weighted by atomic mass is 9.84. The number of benzene rings is 1. The average molecular weight is 358 g/mol. The van der Waals surface area contributed by atoms with Crippen LogP contribution >= 0.6 is 11.6 Å². The number of piperidine rings is 3. The number of aromatic nitrogens is 1. The van der Waals surface area contributed by atoms with Gasteiger partial charge in [0.15, 0.2) is 0 Å². The molecule has 1 aromatic carbocycles. The molecule has 2 bridgehead atoms. The molecule has 3 saturated heterocycles. The van der Waals surface area contributed by atoms with Gasteiger partial charge in [0.1, 0.15) is 0 Å². The average Bonchev–Trinajstić information content (AvgIpc) is 2.63. The molecule has 3 aliphatic rings. The molecular formula is C19H20ClN3O2. The zero-order chi connectivity index (χ0) is 17.4. The normalized spacial score (nSPS) is 24.9. The highest BCUT2D eigenvalue weighted by Gasteiger charge is 2.34. The van der Waals surface area contributed by atoms with Crippen LogP contribution in [0.5, 0.6) is 0 Å². The van der Waals surface area contributed by atoms with Crippen LogP contribution in [0.25, 0.3) is 5.69 Å². The minimum Gasteiger partial charge on any atom is -0.348 e. The van der Waals surface area contributed by atoms with E-state index in [4.69, 9.17) is 11.6 Å². The quantitative estimate of drug-likeness (QED) is 0.917. The Kier molecular flexibility index (Phi) is 4.36. The van der Waals surface area contributed by atoms with Crippen molar-refractivity contribution in [2.45, 2.75) is 18.9 Å². The fourth-order valence-electron chi connectivity index (χ4n) is 3.83. The van der Waals surface area contributed by atoms with Gasteiger partial charge in [-0.15, -0.1) is 0 Å². The molecule has 0 spiro atoms. The minimum absolute atomic E-state index is 0.130. The minimum atomic E-state index is -0.193. The Morgan fingerprint density at radius 1 is 1.16 bits per heavy atom. The third-order valence-corrected chi connectivity index (χ3v) is 5.47. The van der Waals surface area contributed by atoms with E-state index >= 15 is 0 Å². The van der Waals surface area contributed by atoms with Crippen LogP contribution in [0.3, 0.4) is 0 Å². The topological polar surface area (TPSA) is 54.3 Å². The molecule has 1 unspecified atom stereocenters. The Bertz CT molecular complexity index is 856. The number of halogens is 1. The molecular weight excluding hydrogens is 338 g/mol. The van der Waals surface area contributed by atoms with Crippen LogP contribution in [-0.2, 0) is 0 Å². The number of nitrogens with one attached hydrogen (secondary N) is 1. The van der Waals surface area contributed by atoms with Crippen molar-refractivity contribution in [3.63, 3.8) is 0 Å². The van der Waals surface area contributed by atoms with E-state index in [1.54, 1.807) is 36.5 Å². The lowest BCUT2D eigenvalue weighted by Crippen LogP contribution is -2.57. The van der Waals surface area contributed by atoms with Crippen molar-refractivity contribution in [1.82, 2.24) is 14.8 Å². The van der Waals surface area contributed by atoms with Crippen molar-refractivity contribution in [2.75, 3.05) is 19.6 Å². The Morgan fingerprint density at radius 2 is 1.96 bits per heavy atom. The first-order valence-electron chi connectivity index (χ1n) is 8.62. The first-order chi connectivity index (χ1) is 12.1. The van der Waals surface area contributed by atoms with Crippen molar-refractivity contribution in [1.29, 1.82) is 0 Å². The maximum Gasteiger partial charge on any atom is 0.255 e. The first-order valence-corrected chi connectivity index (χ1v) is 9.00. The maximum atomic E-state index is 12.7. The van der Waals surface area contributed by atoms with E-state index in [1.165, 1.54) is 10.6 Å². The Labute approximate surface area is 151 Å². The molecule has 3 fully saturated rings. The molecule has 1 amide bonds. The molecule has 0 radical (unpaired) electrons. The summed E-state index contributed by atoms with van der Waals surface area (Å²) in [5.74, 6) is 0.433. The predicted molar refractivity (Wildman–Crippen MR) is 97.5 cm³/mol. The fraction of sp³-hybridized carbons (Fsp3) is 0.368. The number of carbonyl (C=O) groups excluding carboxylic acids is 1. The summed E-state index contributed by atoms with van der Waals surface area (Å²) < 4.78 is 1.46. The van der Waals surface area contributed by atoms with Gasteiger partial charge in [-0.05, 0) is 56.1 Å². The van der Waals surface area contributed by atoms with Crippen LogP contribution in [0.4, 0.5) is 0 Å². The van der Waals surface area contributed by atoms with Gasteiger partial charge >= 0.3 is 0 Å². The summed E-state index contributed by atoms with van der Waals surface area (Å²) in [4.78, 5) is 27.3. The molecule has 1 atom stereocenters. The van der Waals surface area contributed by atoms with E-state index < -0.39 is 0 Å². The van der Waals surface area contributed by atoms with Crippen molar-refractivity contribution in [3.05, 3.63) is 63.5 Å². The molecule has 4 heterocycles. The smallest absolute Gasteiger partial charge is 0.255 e. The molecule has 130 valence electrons. The van der Waals surface area contributed by atoms with E-state index in [1.807, 2.05) is 0 Å². The van der Waals surface area contributed by atoms with Gasteiger partial charge in [-0.3, -0.25) is 14.2 Å². The molecule has 0 saturated carbocycles. The molecule has 1 aromatic heterocycles. The number of nitrogens with zero attached hydrogens (tertiary/aromatic N) is 2. The lowest BCUT2D eigenvalue weighted by Gasteiger charge is -2.44. The van der Waals surface area contributed by atoms with E-state index in [0.29, 0.717) is 22.2 Å². The van der Waals surface area contributed by atoms with Crippen LogP contribution in [0, 0.1) is 5.92 Å². The molecule has 5 rings (SSSR count). The molecule has 25 heavy (non-hydrogen) atoms. The predicted octanol–water partition coefficient (Wildman–Crippen LogP) is 2.31. The second kappa shape index (κ2) is 6.65. The molecule has 0 aliphatic carbocycles. The van der Waals surface area contributed by atoms with Crippen LogP contribution < -0.4 is 10.9 Å². The summed E-state index contributed by atoms with van der Waals surface area (Å²) in [6.07, 6.45) is 3.88. The zero-order valence-electron chi connectivity index (χ0n) is 13.8.